The van der Waals surface area contributed by atoms with Crippen molar-refractivity contribution in [3.63, 3.8) is 0 Å². The summed E-state index contributed by atoms with van der Waals surface area (Å²) >= 11 is 0. The first-order valence-corrected chi connectivity index (χ1v) is 14.7. The van der Waals surface area contributed by atoms with Crippen molar-refractivity contribution in [1.82, 2.24) is 15.5 Å². The molecule has 1 saturated heterocycles. The molecule has 6 rings (SSSR count). The molecule has 218 valence electrons. The van der Waals surface area contributed by atoms with Crippen LogP contribution in [0.2, 0.25) is 0 Å². The summed E-state index contributed by atoms with van der Waals surface area (Å²) < 4.78 is 5.75. The third-order valence-electron chi connectivity index (χ3n) is 9.47. The minimum absolute atomic E-state index is 0.0574. The van der Waals surface area contributed by atoms with E-state index in [1.54, 1.807) is 0 Å². The molecular formula is C34H37N3O5. The van der Waals surface area contributed by atoms with E-state index in [2.05, 4.69) is 39.8 Å². The second-order valence-corrected chi connectivity index (χ2v) is 12.1. The molecule has 0 aromatic heterocycles. The van der Waals surface area contributed by atoms with E-state index < -0.39 is 29.1 Å². The lowest BCUT2D eigenvalue weighted by Gasteiger charge is -2.35. The molecule has 1 aliphatic heterocycles. The molecule has 0 spiro atoms. The first kappa shape index (κ1) is 28.0. The number of nitrogens with zero attached hydrogens (tertiary/aromatic N) is 1. The Morgan fingerprint density at radius 2 is 1.57 bits per heavy atom. The molecule has 3 aliphatic rings. The molecule has 1 heterocycles. The topological polar surface area (TPSA) is 108 Å². The van der Waals surface area contributed by atoms with E-state index in [9.17, 15) is 19.5 Å². The Morgan fingerprint density at radius 3 is 2.24 bits per heavy atom. The van der Waals surface area contributed by atoms with Crippen molar-refractivity contribution in [1.29, 1.82) is 0 Å². The monoisotopic (exact) mass is 567 g/mol. The molecule has 0 bridgehead atoms. The summed E-state index contributed by atoms with van der Waals surface area (Å²) in [5, 5.41) is 16.1. The van der Waals surface area contributed by atoms with Gasteiger partial charge in [0.15, 0.2) is 5.54 Å². The van der Waals surface area contributed by atoms with Crippen LogP contribution in [0.25, 0.3) is 11.1 Å². The van der Waals surface area contributed by atoms with Crippen molar-refractivity contribution in [3.05, 3.63) is 95.6 Å². The van der Waals surface area contributed by atoms with Gasteiger partial charge in [-0.15, -0.1) is 0 Å². The predicted molar refractivity (Wildman–Crippen MR) is 159 cm³/mol. The molecule has 8 nitrogen and oxygen atoms in total. The molecule has 3 aromatic rings. The second kappa shape index (κ2) is 11.2. The zero-order valence-electron chi connectivity index (χ0n) is 23.8. The fourth-order valence-corrected chi connectivity index (χ4v) is 7.01. The third-order valence-corrected chi connectivity index (χ3v) is 9.47. The number of hydrogen-bond donors (Lipinski definition) is 3. The van der Waals surface area contributed by atoms with Crippen LogP contribution in [0.15, 0.2) is 78.9 Å². The number of carbonyl (C=O) groups excluding carboxylic acids is 2. The summed E-state index contributed by atoms with van der Waals surface area (Å²) in [7, 11) is 0. The van der Waals surface area contributed by atoms with Crippen LogP contribution in [-0.4, -0.2) is 59.3 Å². The Hall–Kier alpha value is -4.17. The largest absolute Gasteiger partial charge is 0.479 e. The van der Waals surface area contributed by atoms with Crippen LogP contribution in [0.5, 0.6) is 0 Å². The molecule has 3 N–H and O–H groups in total. The number of carboxylic acid groups (broad SMARTS) is 1. The van der Waals surface area contributed by atoms with Gasteiger partial charge in [0.1, 0.15) is 6.61 Å². The van der Waals surface area contributed by atoms with Gasteiger partial charge in [0.05, 0.1) is 5.41 Å². The summed E-state index contributed by atoms with van der Waals surface area (Å²) in [6, 6.07) is 25.8. The lowest BCUT2D eigenvalue weighted by Crippen LogP contribution is -2.61. The van der Waals surface area contributed by atoms with E-state index in [0.29, 0.717) is 32.4 Å². The molecule has 8 heteroatoms. The fourth-order valence-electron chi connectivity index (χ4n) is 7.01. The number of alkyl carbamates (subject to hydrolysis) is 1. The highest BCUT2D eigenvalue weighted by Crippen LogP contribution is 2.45. The van der Waals surface area contributed by atoms with Gasteiger partial charge in [-0.3, -0.25) is 9.69 Å². The zero-order chi connectivity index (χ0) is 29.3. The Labute approximate surface area is 246 Å². The standard InChI is InChI=1S/C34H37N3O5/c1-33(30(38)36-34(31(39)40)18-19-37(22-34)20-23-10-3-2-4-11-23)17-9-16-29(33)35-32(41)42-21-28-26-14-7-5-12-24(26)25-13-6-8-15-27(25)28/h2-8,10-15,28-29H,9,16-22H2,1H3,(H,35,41)(H,36,38)(H,39,40). The van der Waals surface area contributed by atoms with Gasteiger partial charge in [0.2, 0.25) is 5.91 Å². The highest BCUT2D eigenvalue weighted by atomic mass is 16.5. The summed E-state index contributed by atoms with van der Waals surface area (Å²) in [6.07, 6.45) is 1.68. The van der Waals surface area contributed by atoms with Crippen LogP contribution in [0.3, 0.4) is 0 Å². The van der Waals surface area contributed by atoms with Gasteiger partial charge in [-0.05, 0) is 54.0 Å². The molecule has 3 atom stereocenters. The minimum atomic E-state index is -1.37. The molecule has 2 aliphatic carbocycles. The van der Waals surface area contributed by atoms with Gasteiger partial charge in [-0.1, -0.05) is 85.3 Å². The number of carboxylic acids is 1. The Kier molecular flexibility index (Phi) is 7.49. The number of likely N-dealkylation sites (tertiary alicyclic amines) is 1. The van der Waals surface area contributed by atoms with E-state index >= 15 is 0 Å². The summed E-state index contributed by atoms with van der Waals surface area (Å²) in [5.41, 5.74) is 3.36. The number of carbonyl (C=O) groups is 3. The molecule has 1 saturated carbocycles. The maximum absolute atomic E-state index is 13.7. The van der Waals surface area contributed by atoms with Crippen LogP contribution in [-0.2, 0) is 20.9 Å². The Balaban J connectivity index is 1.09. The highest BCUT2D eigenvalue weighted by Gasteiger charge is 2.52. The van der Waals surface area contributed by atoms with Crippen molar-refractivity contribution in [2.75, 3.05) is 19.7 Å². The quantitative estimate of drug-likeness (QED) is 0.356. The van der Waals surface area contributed by atoms with Crippen LogP contribution >= 0.6 is 0 Å². The Morgan fingerprint density at radius 1 is 0.929 bits per heavy atom. The summed E-state index contributed by atoms with van der Waals surface area (Å²) in [6.45, 7) is 3.42. The molecule has 42 heavy (non-hydrogen) atoms. The van der Waals surface area contributed by atoms with E-state index in [4.69, 9.17) is 4.74 Å². The van der Waals surface area contributed by atoms with Crippen molar-refractivity contribution >= 4 is 18.0 Å². The summed E-state index contributed by atoms with van der Waals surface area (Å²) in [5.74, 6) is -1.43. The maximum Gasteiger partial charge on any atom is 0.407 e. The van der Waals surface area contributed by atoms with Crippen molar-refractivity contribution in [2.24, 2.45) is 5.41 Å². The van der Waals surface area contributed by atoms with E-state index in [1.165, 1.54) is 0 Å². The number of nitrogens with one attached hydrogen (secondary N) is 2. The highest BCUT2D eigenvalue weighted by molar-refractivity contribution is 5.91. The molecule has 0 radical (unpaired) electrons. The molecular weight excluding hydrogens is 530 g/mol. The predicted octanol–water partition coefficient (Wildman–Crippen LogP) is 4.93. The van der Waals surface area contributed by atoms with Crippen LogP contribution < -0.4 is 10.6 Å². The van der Waals surface area contributed by atoms with E-state index in [1.807, 2.05) is 61.5 Å². The lowest BCUT2D eigenvalue weighted by atomic mass is 9.82. The second-order valence-electron chi connectivity index (χ2n) is 12.1. The van der Waals surface area contributed by atoms with Crippen molar-refractivity contribution < 1.29 is 24.2 Å². The van der Waals surface area contributed by atoms with Gasteiger partial charge in [-0.2, -0.15) is 0 Å². The first-order valence-electron chi connectivity index (χ1n) is 14.7. The van der Waals surface area contributed by atoms with Crippen LogP contribution in [0.4, 0.5) is 4.79 Å². The zero-order valence-corrected chi connectivity index (χ0v) is 23.8. The Bertz CT molecular complexity index is 1450. The average molecular weight is 568 g/mol. The third kappa shape index (κ3) is 5.15. The molecule has 3 aromatic carbocycles. The molecule has 3 unspecified atom stereocenters. The maximum atomic E-state index is 13.7. The first-order chi connectivity index (χ1) is 20.3. The number of rotatable bonds is 8. The lowest BCUT2D eigenvalue weighted by molar-refractivity contribution is -0.149. The van der Waals surface area contributed by atoms with E-state index in [-0.39, 0.29) is 25.0 Å². The smallest absolute Gasteiger partial charge is 0.407 e. The number of benzene rings is 3. The van der Waals surface area contributed by atoms with Gasteiger partial charge in [0.25, 0.3) is 0 Å². The SMILES string of the molecule is CC1(C(=O)NC2(C(=O)O)CCN(Cc3ccccc3)C2)CCCC1NC(=O)OCC1c2ccccc2-c2ccccc21. The normalized spacial score (nSPS) is 25.0. The van der Waals surface area contributed by atoms with Gasteiger partial charge in [-0.25, -0.2) is 9.59 Å². The van der Waals surface area contributed by atoms with Gasteiger partial charge >= 0.3 is 12.1 Å². The number of hydrogen-bond acceptors (Lipinski definition) is 5. The molecule has 2 fully saturated rings. The number of amides is 2. The minimum Gasteiger partial charge on any atom is -0.479 e. The summed E-state index contributed by atoms with van der Waals surface area (Å²) in [4.78, 5) is 41.4. The average Bonchev–Trinajstić information content (AvgIpc) is 3.67. The molecule has 2 amide bonds. The van der Waals surface area contributed by atoms with Gasteiger partial charge in [0, 0.05) is 31.6 Å². The number of aliphatic carboxylic acids is 1. The van der Waals surface area contributed by atoms with Crippen molar-refractivity contribution in [3.8, 4) is 11.1 Å². The number of ether oxygens (including phenoxy) is 1. The van der Waals surface area contributed by atoms with Crippen molar-refractivity contribution in [2.45, 2.75) is 56.7 Å². The van der Waals surface area contributed by atoms with Crippen LogP contribution in [0.1, 0.15) is 55.2 Å². The fraction of sp³-hybridized carbons (Fsp3) is 0.382. The van der Waals surface area contributed by atoms with E-state index in [0.717, 1.165) is 34.2 Å². The van der Waals surface area contributed by atoms with Crippen LogP contribution in [0, 0.1) is 5.41 Å². The number of fused-ring (bicyclic) bond motifs is 3. The van der Waals surface area contributed by atoms with Gasteiger partial charge < -0.3 is 20.5 Å².